The molecule has 232 valence electrons. The molecule has 2 aromatic carbocycles. The number of nitrogens with zero attached hydrogens (tertiary/aromatic N) is 5. The van der Waals surface area contributed by atoms with Gasteiger partial charge in [-0.25, -0.2) is 4.39 Å². The summed E-state index contributed by atoms with van der Waals surface area (Å²) in [5.74, 6) is -1.17. The van der Waals surface area contributed by atoms with E-state index in [0.717, 1.165) is 52.5 Å². The number of hydrogen-bond acceptors (Lipinski definition) is 8. The molecule has 1 amide bonds. The van der Waals surface area contributed by atoms with Crippen LogP contribution in [0.1, 0.15) is 57.6 Å². The van der Waals surface area contributed by atoms with Crippen LogP contribution in [0, 0.1) is 0 Å². The fourth-order valence-electron chi connectivity index (χ4n) is 5.55. The first-order valence-electron chi connectivity index (χ1n) is 15.1. The summed E-state index contributed by atoms with van der Waals surface area (Å²) in [4.78, 5) is 26.1. The van der Waals surface area contributed by atoms with E-state index in [4.69, 9.17) is 19.7 Å². The number of pyridine rings is 1. The molecule has 11 heteroatoms. The van der Waals surface area contributed by atoms with Crippen molar-refractivity contribution in [3.8, 4) is 17.3 Å². The molecule has 1 fully saturated rings. The van der Waals surface area contributed by atoms with E-state index in [9.17, 15) is 9.18 Å². The van der Waals surface area contributed by atoms with Gasteiger partial charge in [0.2, 0.25) is 5.95 Å². The van der Waals surface area contributed by atoms with Gasteiger partial charge in [0.1, 0.15) is 6.10 Å². The normalized spacial score (nSPS) is 16.2. The number of piperidine rings is 1. The van der Waals surface area contributed by atoms with Gasteiger partial charge in [-0.15, -0.1) is 0 Å². The molecule has 45 heavy (non-hydrogen) atoms. The molecule has 0 radical (unpaired) electrons. The highest BCUT2D eigenvalue weighted by Gasteiger charge is 2.28. The van der Waals surface area contributed by atoms with E-state index >= 15 is 0 Å². The molecule has 1 saturated heterocycles. The summed E-state index contributed by atoms with van der Waals surface area (Å²) >= 11 is 0. The summed E-state index contributed by atoms with van der Waals surface area (Å²) in [5.41, 5.74) is 4.99. The van der Waals surface area contributed by atoms with Gasteiger partial charge in [0, 0.05) is 47.0 Å². The van der Waals surface area contributed by atoms with Crippen molar-refractivity contribution in [2.24, 2.45) is 0 Å². The van der Waals surface area contributed by atoms with Crippen LogP contribution in [0.3, 0.4) is 0 Å². The number of anilines is 2. The predicted molar refractivity (Wildman–Crippen MR) is 174 cm³/mol. The summed E-state index contributed by atoms with van der Waals surface area (Å²) in [6.07, 6.45) is 5.44. The zero-order valence-electron chi connectivity index (χ0n) is 25.9. The van der Waals surface area contributed by atoms with Crippen LogP contribution in [0.2, 0.25) is 0 Å². The van der Waals surface area contributed by atoms with E-state index in [2.05, 4.69) is 55.3 Å². The topological polar surface area (TPSA) is 118 Å². The second-order valence-corrected chi connectivity index (χ2v) is 12.3. The maximum atomic E-state index is 13.3. The Morgan fingerprint density at radius 2 is 2.02 bits per heavy atom. The molecule has 0 saturated carbocycles. The number of aromatic nitrogens is 5. The maximum absolute atomic E-state index is 13.3. The number of benzene rings is 2. The summed E-state index contributed by atoms with van der Waals surface area (Å²) in [5, 5.41) is 15.9. The average molecular weight is 609 g/mol. The van der Waals surface area contributed by atoms with Crippen LogP contribution in [0.15, 0.2) is 73.3 Å². The zero-order valence-corrected chi connectivity index (χ0v) is 25.9. The minimum Gasteiger partial charge on any atom is -0.459 e. The first-order chi connectivity index (χ1) is 21.6. The molecule has 3 aromatic heterocycles. The van der Waals surface area contributed by atoms with E-state index < -0.39 is 11.7 Å². The van der Waals surface area contributed by atoms with Crippen molar-refractivity contribution >= 4 is 34.0 Å². The fraction of sp³-hybridized carbons (Fsp3) is 0.324. The van der Waals surface area contributed by atoms with Gasteiger partial charge in [-0.05, 0) is 61.8 Å². The van der Waals surface area contributed by atoms with Crippen LogP contribution in [0.4, 0.5) is 16.0 Å². The van der Waals surface area contributed by atoms with Gasteiger partial charge < -0.3 is 20.7 Å². The van der Waals surface area contributed by atoms with Crippen molar-refractivity contribution in [1.82, 2.24) is 29.9 Å². The number of carbonyl (C=O) groups excluding carboxylic acids is 1. The highest BCUT2D eigenvalue weighted by atomic mass is 19.1. The number of halogens is 1. The Labute approximate surface area is 261 Å². The van der Waals surface area contributed by atoms with E-state index in [1.54, 1.807) is 22.8 Å². The van der Waals surface area contributed by atoms with Crippen LogP contribution < -0.4 is 20.7 Å². The summed E-state index contributed by atoms with van der Waals surface area (Å²) in [6, 6.07) is 15.6. The second kappa shape index (κ2) is 12.2. The number of nitrogens with one attached hydrogen (secondary N) is 3. The van der Waals surface area contributed by atoms with Crippen LogP contribution in [-0.4, -0.2) is 48.7 Å². The van der Waals surface area contributed by atoms with Crippen molar-refractivity contribution in [3.63, 3.8) is 0 Å². The first kappa shape index (κ1) is 30.1. The zero-order chi connectivity index (χ0) is 31.7. The molecular formula is C34H37FN8O2. The molecule has 0 spiro atoms. The Morgan fingerprint density at radius 1 is 1.20 bits per heavy atom. The van der Waals surface area contributed by atoms with E-state index in [1.165, 1.54) is 0 Å². The van der Waals surface area contributed by atoms with Gasteiger partial charge in [-0.2, -0.15) is 19.6 Å². The number of amides is 1. The summed E-state index contributed by atoms with van der Waals surface area (Å²) in [6.45, 7) is 12.8. The van der Waals surface area contributed by atoms with Crippen molar-refractivity contribution < 1.29 is 13.9 Å². The molecule has 1 aliphatic rings. The molecule has 1 unspecified atom stereocenters. The molecule has 1 atom stereocenters. The van der Waals surface area contributed by atoms with Crippen molar-refractivity contribution in [3.05, 3.63) is 84.5 Å². The summed E-state index contributed by atoms with van der Waals surface area (Å²) < 4.78 is 21.3. The highest BCUT2D eigenvalue weighted by Crippen LogP contribution is 2.32. The SMILES string of the molecule is C=C(F)C(=O)Nc1ccc2c(-c3ccccc3CNc3nc(OC4CCC(C)(C)NC4)nc4c(C(C)C)cnn34)nccc2c1. The quantitative estimate of drug-likeness (QED) is 0.164. The van der Waals surface area contributed by atoms with Gasteiger partial charge >= 0.3 is 6.01 Å². The lowest BCUT2D eigenvalue weighted by Crippen LogP contribution is -2.50. The van der Waals surface area contributed by atoms with Crippen molar-refractivity contribution in [1.29, 1.82) is 0 Å². The number of hydrogen-bond donors (Lipinski definition) is 3. The maximum Gasteiger partial charge on any atom is 0.322 e. The molecule has 0 aliphatic carbocycles. The van der Waals surface area contributed by atoms with Crippen molar-refractivity contribution in [2.45, 2.75) is 64.6 Å². The van der Waals surface area contributed by atoms with Gasteiger partial charge in [0.15, 0.2) is 11.5 Å². The Morgan fingerprint density at radius 3 is 2.78 bits per heavy atom. The van der Waals surface area contributed by atoms with Crippen LogP contribution in [0.25, 0.3) is 27.7 Å². The first-order valence-corrected chi connectivity index (χ1v) is 15.1. The average Bonchev–Trinajstić information content (AvgIpc) is 3.45. The van der Waals surface area contributed by atoms with Gasteiger partial charge in [-0.1, -0.05) is 50.8 Å². The lowest BCUT2D eigenvalue weighted by Gasteiger charge is -2.35. The standard InChI is InChI=1S/C34H37FN8O2/c1-20(2)28-19-39-43-30(28)41-33(45-25-12-14-34(4,5)38-18-25)42-32(43)37-17-23-8-6-7-9-26(23)29-27-11-10-24(40-31(44)21(3)35)16-22(27)13-15-36-29/h6-11,13,15-16,19-20,25,38H,3,12,14,17-18H2,1-2,4-5H3,(H,40,44)(H,37,41,42). The molecular weight excluding hydrogens is 571 g/mol. The third-order valence-corrected chi connectivity index (χ3v) is 8.15. The Kier molecular flexibility index (Phi) is 8.20. The monoisotopic (exact) mass is 608 g/mol. The van der Waals surface area contributed by atoms with Crippen molar-refractivity contribution in [2.75, 3.05) is 17.2 Å². The van der Waals surface area contributed by atoms with Crippen LogP contribution in [-0.2, 0) is 11.3 Å². The third-order valence-electron chi connectivity index (χ3n) is 8.15. The van der Waals surface area contributed by atoms with Crippen LogP contribution >= 0.6 is 0 Å². The predicted octanol–water partition coefficient (Wildman–Crippen LogP) is 6.41. The van der Waals surface area contributed by atoms with E-state index in [-0.39, 0.29) is 17.6 Å². The highest BCUT2D eigenvalue weighted by molar-refractivity contribution is 6.04. The van der Waals surface area contributed by atoms with Gasteiger partial charge in [-0.3, -0.25) is 9.78 Å². The number of ether oxygens (including phenoxy) is 1. The van der Waals surface area contributed by atoms with Crippen LogP contribution in [0.5, 0.6) is 6.01 Å². The molecule has 0 bridgehead atoms. The number of fused-ring (bicyclic) bond motifs is 2. The number of carbonyl (C=O) groups is 1. The van der Waals surface area contributed by atoms with Gasteiger partial charge in [0.25, 0.3) is 5.91 Å². The minimum atomic E-state index is -1.04. The molecule has 3 N–H and O–H groups in total. The van der Waals surface area contributed by atoms with Gasteiger partial charge in [0.05, 0.1) is 11.9 Å². The van der Waals surface area contributed by atoms with E-state index in [0.29, 0.717) is 29.8 Å². The van der Waals surface area contributed by atoms with E-state index in [1.807, 2.05) is 42.6 Å². The smallest absolute Gasteiger partial charge is 0.322 e. The number of rotatable bonds is 9. The Bertz CT molecular complexity index is 1890. The largest absolute Gasteiger partial charge is 0.459 e. The molecule has 5 aromatic rings. The lowest BCUT2D eigenvalue weighted by atomic mass is 9.92. The molecule has 10 nitrogen and oxygen atoms in total. The summed E-state index contributed by atoms with van der Waals surface area (Å²) in [7, 11) is 0. The third kappa shape index (κ3) is 6.48. The minimum absolute atomic E-state index is 0.0264. The Balaban J connectivity index is 1.30. The Hall–Kier alpha value is -4.90. The second-order valence-electron chi connectivity index (χ2n) is 12.3. The molecule has 1 aliphatic heterocycles. The molecule has 4 heterocycles. The lowest BCUT2D eigenvalue weighted by molar-refractivity contribution is -0.114. The molecule has 6 rings (SSSR count). The fourth-order valence-corrected chi connectivity index (χ4v) is 5.55.